The molecule has 1 aromatic heterocycles. The van der Waals surface area contributed by atoms with E-state index >= 15 is 0 Å². The molecule has 2 aromatic rings. The first-order valence-corrected chi connectivity index (χ1v) is 8.97. The van der Waals surface area contributed by atoms with E-state index in [-0.39, 0.29) is 23.0 Å². The number of ether oxygens (including phenoxy) is 1. The summed E-state index contributed by atoms with van der Waals surface area (Å²) in [6, 6.07) is 5.94. The van der Waals surface area contributed by atoms with E-state index in [1.807, 2.05) is 0 Å². The van der Waals surface area contributed by atoms with E-state index in [0.29, 0.717) is 16.5 Å². The van der Waals surface area contributed by atoms with E-state index in [1.54, 1.807) is 19.1 Å². The van der Waals surface area contributed by atoms with Gasteiger partial charge in [-0.05, 0) is 30.7 Å². The Morgan fingerprint density at radius 2 is 2.08 bits per heavy atom. The average Bonchev–Trinajstić information content (AvgIpc) is 2.99. The maximum atomic E-state index is 12.1. The highest BCUT2D eigenvalue weighted by molar-refractivity contribution is 7.84. The molecule has 25 heavy (non-hydrogen) atoms. The van der Waals surface area contributed by atoms with Gasteiger partial charge in [0.1, 0.15) is 17.3 Å². The fraction of sp³-hybridized carbons (Fsp3) is 0.250. The van der Waals surface area contributed by atoms with Crippen molar-refractivity contribution in [2.75, 3.05) is 18.2 Å². The maximum absolute atomic E-state index is 12.1. The standard InChI is InChI=1S/C16H16ClNO6S/c1-9-5-12(14(23-2)6-11(9)17)18-15(19)8-25(22)7-10-3-4-13(24-10)16(20)21/h3-6H,7-8H2,1-2H3,(H,18,19)(H,20,21). The van der Waals surface area contributed by atoms with Crippen LogP contribution in [0.3, 0.4) is 0 Å². The highest BCUT2D eigenvalue weighted by Gasteiger charge is 2.15. The number of amides is 1. The van der Waals surface area contributed by atoms with Gasteiger partial charge in [0.05, 0.1) is 18.6 Å². The van der Waals surface area contributed by atoms with Gasteiger partial charge in [-0.3, -0.25) is 9.00 Å². The number of methoxy groups -OCH3 is 1. The zero-order chi connectivity index (χ0) is 18.6. The number of anilines is 1. The van der Waals surface area contributed by atoms with Crippen LogP contribution in [-0.2, 0) is 21.3 Å². The molecule has 2 rings (SSSR count). The Labute approximate surface area is 151 Å². The quantitative estimate of drug-likeness (QED) is 0.759. The summed E-state index contributed by atoms with van der Waals surface area (Å²) in [5.41, 5.74) is 1.19. The largest absolute Gasteiger partial charge is 0.495 e. The monoisotopic (exact) mass is 385 g/mol. The Balaban J connectivity index is 1.98. The molecule has 1 unspecified atom stereocenters. The molecule has 0 radical (unpaired) electrons. The van der Waals surface area contributed by atoms with Crippen molar-refractivity contribution in [1.29, 1.82) is 0 Å². The second kappa shape index (κ2) is 8.17. The number of benzene rings is 1. The van der Waals surface area contributed by atoms with Gasteiger partial charge in [-0.1, -0.05) is 11.6 Å². The number of carboxylic acids is 1. The first-order valence-electron chi connectivity index (χ1n) is 7.11. The molecule has 0 aliphatic heterocycles. The number of hydrogen-bond acceptors (Lipinski definition) is 5. The Bertz CT molecular complexity index is 832. The van der Waals surface area contributed by atoms with Crippen LogP contribution < -0.4 is 10.1 Å². The molecule has 0 bridgehead atoms. The van der Waals surface area contributed by atoms with Gasteiger partial charge in [0.25, 0.3) is 0 Å². The normalized spacial score (nSPS) is 11.8. The van der Waals surface area contributed by atoms with Crippen molar-refractivity contribution in [2.45, 2.75) is 12.7 Å². The van der Waals surface area contributed by atoms with Crippen molar-refractivity contribution < 1.29 is 28.1 Å². The van der Waals surface area contributed by atoms with Crippen LogP contribution >= 0.6 is 11.6 Å². The summed E-state index contributed by atoms with van der Waals surface area (Å²) in [5.74, 6) is -1.61. The molecule has 0 saturated heterocycles. The summed E-state index contributed by atoms with van der Waals surface area (Å²) in [7, 11) is -0.108. The molecule has 0 saturated carbocycles. The Hall–Kier alpha value is -2.32. The number of hydrogen-bond donors (Lipinski definition) is 2. The van der Waals surface area contributed by atoms with Gasteiger partial charge in [0, 0.05) is 21.9 Å². The van der Waals surface area contributed by atoms with Crippen LogP contribution in [0.2, 0.25) is 5.02 Å². The average molecular weight is 386 g/mol. The van der Waals surface area contributed by atoms with E-state index < -0.39 is 22.7 Å². The molecule has 1 aromatic carbocycles. The zero-order valence-electron chi connectivity index (χ0n) is 13.5. The molecule has 1 amide bonds. The van der Waals surface area contributed by atoms with Crippen LogP contribution in [0.15, 0.2) is 28.7 Å². The fourth-order valence-corrected chi connectivity index (χ4v) is 3.14. The lowest BCUT2D eigenvalue weighted by atomic mass is 10.2. The summed E-state index contributed by atoms with van der Waals surface area (Å²) < 4.78 is 22.2. The van der Waals surface area contributed by atoms with Crippen LogP contribution in [0.25, 0.3) is 0 Å². The number of nitrogens with one attached hydrogen (secondary N) is 1. The Morgan fingerprint density at radius 1 is 1.36 bits per heavy atom. The van der Waals surface area contributed by atoms with Crippen molar-refractivity contribution in [3.63, 3.8) is 0 Å². The summed E-state index contributed by atoms with van der Waals surface area (Å²) in [6.45, 7) is 1.78. The lowest BCUT2D eigenvalue weighted by Crippen LogP contribution is -2.20. The van der Waals surface area contributed by atoms with E-state index in [0.717, 1.165) is 5.56 Å². The molecule has 0 spiro atoms. The minimum atomic E-state index is -1.56. The lowest BCUT2D eigenvalue weighted by Gasteiger charge is -2.12. The van der Waals surface area contributed by atoms with Gasteiger partial charge in [-0.25, -0.2) is 4.79 Å². The van der Waals surface area contributed by atoms with Crippen molar-refractivity contribution in [3.05, 3.63) is 46.4 Å². The third-order valence-corrected chi connectivity index (χ3v) is 4.82. The van der Waals surface area contributed by atoms with Gasteiger partial charge in [-0.15, -0.1) is 0 Å². The Kier molecular flexibility index (Phi) is 6.22. The number of aryl methyl sites for hydroxylation is 1. The SMILES string of the molecule is COc1cc(Cl)c(C)cc1NC(=O)CS(=O)Cc1ccc(C(=O)O)o1. The van der Waals surface area contributed by atoms with Crippen molar-refractivity contribution >= 4 is 40.0 Å². The Morgan fingerprint density at radius 3 is 2.68 bits per heavy atom. The molecule has 1 atom stereocenters. The maximum Gasteiger partial charge on any atom is 0.371 e. The molecular formula is C16H16ClNO6S. The number of carbonyl (C=O) groups excluding carboxylic acids is 1. The number of carboxylic acid groups (broad SMARTS) is 1. The number of carbonyl (C=O) groups is 2. The highest BCUT2D eigenvalue weighted by atomic mass is 35.5. The predicted octanol–water partition coefficient (Wildman–Crippen LogP) is 2.84. The first kappa shape index (κ1) is 19.0. The molecule has 9 heteroatoms. The molecular weight excluding hydrogens is 370 g/mol. The summed E-state index contributed by atoms with van der Waals surface area (Å²) in [5, 5.41) is 11.9. The van der Waals surface area contributed by atoms with Crippen molar-refractivity contribution in [1.82, 2.24) is 0 Å². The summed E-state index contributed by atoms with van der Waals surface area (Å²) >= 11 is 6.01. The third kappa shape index (κ3) is 5.07. The van der Waals surface area contributed by atoms with Gasteiger partial charge in [-0.2, -0.15) is 0 Å². The van der Waals surface area contributed by atoms with Crippen LogP contribution in [0.5, 0.6) is 5.75 Å². The molecule has 0 aliphatic carbocycles. The number of furan rings is 1. The fourth-order valence-electron chi connectivity index (χ4n) is 2.04. The summed E-state index contributed by atoms with van der Waals surface area (Å²) in [4.78, 5) is 22.8. The van der Waals surface area contributed by atoms with Gasteiger partial charge >= 0.3 is 5.97 Å². The molecule has 2 N–H and O–H groups in total. The molecule has 0 fully saturated rings. The van der Waals surface area contributed by atoms with Crippen LogP contribution in [0.1, 0.15) is 21.9 Å². The van der Waals surface area contributed by atoms with Crippen LogP contribution in [-0.4, -0.2) is 34.1 Å². The summed E-state index contributed by atoms with van der Waals surface area (Å²) in [6.07, 6.45) is 0. The molecule has 7 nitrogen and oxygen atoms in total. The van der Waals surface area contributed by atoms with E-state index in [9.17, 15) is 13.8 Å². The molecule has 1 heterocycles. The van der Waals surface area contributed by atoms with E-state index in [1.165, 1.54) is 19.2 Å². The van der Waals surface area contributed by atoms with Crippen molar-refractivity contribution in [2.24, 2.45) is 0 Å². The van der Waals surface area contributed by atoms with E-state index in [2.05, 4.69) is 5.32 Å². The smallest absolute Gasteiger partial charge is 0.371 e. The van der Waals surface area contributed by atoms with Gasteiger partial charge in [0.2, 0.25) is 11.7 Å². The van der Waals surface area contributed by atoms with Crippen molar-refractivity contribution in [3.8, 4) is 5.75 Å². The molecule has 134 valence electrons. The minimum Gasteiger partial charge on any atom is -0.495 e. The topological polar surface area (TPSA) is 106 Å². The third-order valence-electron chi connectivity index (χ3n) is 3.22. The number of rotatable bonds is 7. The second-order valence-corrected chi connectivity index (χ2v) is 7.01. The zero-order valence-corrected chi connectivity index (χ0v) is 15.1. The van der Waals surface area contributed by atoms with Crippen LogP contribution in [0, 0.1) is 6.92 Å². The first-order chi connectivity index (χ1) is 11.8. The van der Waals surface area contributed by atoms with Gasteiger partial charge < -0.3 is 19.6 Å². The minimum absolute atomic E-state index is 0.0581. The van der Waals surface area contributed by atoms with Crippen LogP contribution in [0.4, 0.5) is 5.69 Å². The predicted molar refractivity (Wildman–Crippen MR) is 93.8 cm³/mol. The van der Waals surface area contributed by atoms with E-state index in [4.69, 9.17) is 25.9 Å². The van der Waals surface area contributed by atoms with Gasteiger partial charge in [0.15, 0.2) is 0 Å². The highest BCUT2D eigenvalue weighted by Crippen LogP contribution is 2.30. The second-order valence-electron chi connectivity index (χ2n) is 5.15. The lowest BCUT2D eigenvalue weighted by molar-refractivity contribution is -0.113. The number of halogens is 1. The number of aromatic carboxylic acids is 1. The molecule has 0 aliphatic rings.